The first-order valence-corrected chi connectivity index (χ1v) is 5.34. The molecule has 0 atom stereocenters. The van der Waals surface area contributed by atoms with Crippen molar-refractivity contribution in [2.75, 3.05) is 19.5 Å². The number of rotatable bonds is 6. The van der Waals surface area contributed by atoms with Crippen molar-refractivity contribution in [1.82, 2.24) is 0 Å². The summed E-state index contributed by atoms with van der Waals surface area (Å²) in [5.74, 6) is 1.49. The number of methoxy groups -OCH3 is 1. The smallest absolute Gasteiger partial charge is 0.145 e. The normalized spacial score (nSPS) is 10.0. The molecule has 0 unspecified atom stereocenters. The Morgan fingerprint density at radius 1 is 1.27 bits per heavy atom. The molecule has 1 aromatic rings. The third kappa shape index (κ3) is 3.70. The summed E-state index contributed by atoms with van der Waals surface area (Å²) in [5.41, 5.74) is 6.44. The molecule has 3 nitrogen and oxygen atoms in total. The van der Waals surface area contributed by atoms with Crippen LogP contribution in [0.2, 0.25) is 0 Å². The number of nitrogens with two attached hydrogens (primary N) is 1. The van der Waals surface area contributed by atoms with E-state index in [1.54, 1.807) is 13.2 Å². The van der Waals surface area contributed by atoms with Gasteiger partial charge in [-0.2, -0.15) is 0 Å². The summed E-state index contributed by atoms with van der Waals surface area (Å²) in [6, 6.07) is 5.45. The maximum absolute atomic E-state index is 5.78. The molecule has 0 bridgehead atoms. The van der Waals surface area contributed by atoms with Gasteiger partial charge in [0.1, 0.15) is 11.5 Å². The molecular weight excluding hydrogens is 190 g/mol. The van der Waals surface area contributed by atoms with Crippen LogP contribution in [0.4, 0.5) is 5.69 Å². The summed E-state index contributed by atoms with van der Waals surface area (Å²) in [6.45, 7) is 2.88. The van der Waals surface area contributed by atoms with Gasteiger partial charge in [-0.3, -0.25) is 0 Å². The van der Waals surface area contributed by atoms with Crippen molar-refractivity contribution < 1.29 is 9.47 Å². The van der Waals surface area contributed by atoms with Crippen LogP contribution in [0.1, 0.15) is 26.2 Å². The Hall–Kier alpha value is -1.38. The third-order valence-electron chi connectivity index (χ3n) is 2.23. The van der Waals surface area contributed by atoms with E-state index in [1.807, 2.05) is 12.1 Å². The Labute approximate surface area is 91.2 Å². The van der Waals surface area contributed by atoms with Crippen LogP contribution in [-0.4, -0.2) is 13.7 Å². The molecule has 0 aliphatic heterocycles. The second-order valence-electron chi connectivity index (χ2n) is 3.46. The molecule has 0 spiro atoms. The van der Waals surface area contributed by atoms with Gasteiger partial charge < -0.3 is 15.2 Å². The standard InChI is InChI=1S/C12H19NO2/c1-3-4-5-8-15-12-9-10(14-2)6-7-11(12)13/h6-7,9H,3-5,8,13H2,1-2H3. The van der Waals surface area contributed by atoms with Gasteiger partial charge in [0.05, 0.1) is 19.4 Å². The van der Waals surface area contributed by atoms with E-state index in [-0.39, 0.29) is 0 Å². The van der Waals surface area contributed by atoms with Gasteiger partial charge in [0, 0.05) is 6.07 Å². The Kier molecular flexibility index (Phi) is 4.81. The fourth-order valence-electron chi connectivity index (χ4n) is 1.30. The number of ether oxygens (including phenoxy) is 2. The van der Waals surface area contributed by atoms with Crippen molar-refractivity contribution >= 4 is 5.69 Å². The molecule has 15 heavy (non-hydrogen) atoms. The van der Waals surface area contributed by atoms with Gasteiger partial charge in [0.15, 0.2) is 0 Å². The zero-order valence-corrected chi connectivity index (χ0v) is 9.45. The summed E-state index contributed by atoms with van der Waals surface area (Å²) < 4.78 is 10.7. The maximum Gasteiger partial charge on any atom is 0.145 e. The minimum absolute atomic E-state index is 0.660. The first-order chi connectivity index (χ1) is 7.27. The third-order valence-corrected chi connectivity index (χ3v) is 2.23. The van der Waals surface area contributed by atoms with E-state index in [1.165, 1.54) is 12.8 Å². The molecule has 0 fully saturated rings. The molecule has 0 radical (unpaired) electrons. The van der Waals surface area contributed by atoms with Crippen molar-refractivity contribution in [3.63, 3.8) is 0 Å². The minimum Gasteiger partial charge on any atom is -0.497 e. The van der Waals surface area contributed by atoms with Crippen molar-refractivity contribution in [3.05, 3.63) is 18.2 Å². The second kappa shape index (κ2) is 6.17. The summed E-state index contributed by atoms with van der Waals surface area (Å²) in [5, 5.41) is 0. The van der Waals surface area contributed by atoms with Crippen molar-refractivity contribution in [3.8, 4) is 11.5 Å². The average Bonchev–Trinajstić information content (AvgIpc) is 2.26. The lowest BCUT2D eigenvalue weighted by molar-refractivity contribution is 0.305. The highest BCUT2D eigenvalue weighted by molar-refractivity contribution is 5.55. The highest BCUT2D eigenvalue weighted by atomic mass is 16.5. The number of unbranched alkanes of at least 4 members (excludes halogenated alkanes) is 2. The largest absolute Gasteiger partial charge is 0.497 e. The SMILES string of the molecule is CCCCCOc1cc(OC)ccc1N. The molecule has 0 aromatic heterocycles. The van der Waals surface area contributed by atoms with Gasteiger partial charge in [-0.25, -0.2) is 0 Å². The number of nitrogen functional groups attached to an aromatic ring is 1. The van der Waals surface area contributed by atoms with E-state index in [9.17, 15) is 0 Å². The zero-order valence-electron chi connectivity index (χ0n) is 9.45. The number of benzene rings is 1. The van der Waals surface area contributed by atoms with E-state index < -0.39 is 0 Å². The van der Waals surface area contributed by atoms with E-state index >= 15 is 0 Å². The Bertz CT molecular complexity index is 300. The Morgan fingerprint density at radius 3 is 2.73 bits per heavy atom. The van der Waals surface area contributed by atoms with Gasteiger partial charge >= 0.3 is 0 Å². The van der Waals surface area contributed by atoms with Crippen LogP contribution in [0.25, 0.3) is 0 Å². The summed E-state index contributed by atoms with van der Waals surface area (Å²) in [7, 11) is 1.63. The van der Waals surface area contributed by atoms with Gasteiger partial charge in [0.2, 0.25) is 0 Å². The molecule has 0 amide bonds. The summed E-state index contributed by atoms with van der Waals surface area (Å²) >= 11 is 0. The predicted molar refractivity (Wildman–Crippen MR) is 62.4 cm³/mol. The first-order valence-electron chi connectivity index (χ1n) is 5.34. The first kappa shape index (κ1) is 11.7. The monoisotopic (exact) mass is 209 g/mol. The quantitative estimate of drug-likeness (QED) is 0.578. The lowest BCUT2D eigenvalue weighted by Crippen LogP contribution is -2.00. The van der Waals surface area contributed by atoms with E-state index in [2.05, 4.69) is 6.92 Å². The van der Waals surface area contributed by atoms with Crippen molar-refractivity contribution in [2.24, 2.45) is 0 Å². The van der Waals surface area contributed by atoms with Gasteiger partial charge in [-0.05, 0) is 18.6 Å². The van der Waals surface area contributed by atoms with Crippen molar-refractivity contribution in [1.29, 1.82) is 0 Å². The molecule has 3 heteroatoms. The van der Waals surface area contributed by atoms with Crippen LogP contribution in [0.15, 0.2) is 18.2 Å². The lowest BCUT2D eigenvalue weighted by atomic mass is 10.2. The van der Waals surface area contributed by atoms with Crippen LogP contribution in [0.3, 0.4) is 0 Å². The average molecular weight is 209 g/mol. The molecule has 1 aromatic carbocycles. The van der Waals surface area contributed by atoms with E-state index in [0.29, 0.717) is 18.0 Å². The molecular formula is C12H19NO2. The molecule has 0 saturated heterocycles. The summed E-state index contributed by atoms with van der Waals surface area (Å²) in [4.78, 5) is 0. The summed E-state index contributed by atoms with van der Waals surface area (Å²) in [6.07, 6.45) is 3.44. The zero-order chi connectivity index (χ0) is 11.1. The fraction of sp³-hybridized carbons (Fsp3) is 0.500. The van der Waals surface area contributed by atoms with Gasteiger partial charge in [0.25, 0.3) is 0 Å². The highest BCUT2D eigenvalue weighted by Crippen LogP contribution is 2.26. The van der Waals surface area contributed by atoms with Gasteiger partial charge in [-0.1, -0.05) is 19.8 Å². The number of hydrogen-bond donors (Lipinski definition) is 1. The predicted octanol–water partition coefficient (Wildman–Crippen LogP) is 2.85. The van der Waals surface area contributed by atoms with Crippen LogP contribution in [0.5, 0.6) is 11.5 Å². The van der Waals surface area contributed by atoms with Crippen LogP contribution in [-0.2, 0) is 0 Å². The fourth-order valence-corrected chi connectivity index (χ4v) is 1.30. The minimum atomic E-state index is 0.660. The lowest BCUT2D eigenvalue weighted by Gasteiger charge is -2.09. The maximum atomic E-state index is 5.78. The number of hydrogen-bond acceptors (Lipinski definition) is 3. The second-order valence-corrected chi connectivity index (χ2v) is 3.46. The molecule has 1 rings (SSSR count). The van der Waals surface area contributed by atoms with Crippen LogP contribution in [0, 0.1) is 0 Å². The van der Waals surface area contributed by atoms with E-state index in [0.717, 1.165) is 12.2 Å². The Balaban J connectivity index is 2.51. The van der Waals surface area contributed by atoms with Crippen molar-refractivity contribution in [2.45, 2.75) is 26.2 Å². The highest BCUT2D eigenvalue weighted by Gasteiger charge is 2.02. The Morgan fingerprint density at radius 2 is 2.07 bits per heavy atom. The van der Waals surface area contributed by atoms with Crippen LogP contribution >= 0.6 is 0 Å². The van der Waals surface area contributed by atoms with E-state index in [4.69, 9.17) is 15.2 Å². The topological polar surface area (TPSA) is 44.5 Å². The van der Waals surface area contributed by atoms with Gasteiger partial charge in [-0.15, -0.1) is 0 Å². The molecule has 84 valence electrons. The molecule has 0 aliphatic carbocycles. The van der Waals surface area contributed by atoms with Crippen LogP contribution < -0.4 is 15.2 Å². The molecule has 2 N–H and O–H groups in total. The molecule has 0 saturated carbocycles. The number of anilines is 1. The molecule has 0 heterocycles. The molecule has 0 aliphatic rings.